The fourth-order valence-corrected chi connectivity index (χ4v) is 5.69. The molecule has 0 saturated heterocycles. The van der Waals surface area contributed by atoms with Crippen molar-refractivity contribution in [3.05, 3.63) is 52.8 Å². The third-order valence-electron chi connectivity index (χ3n) is 5.23. The van der Waals surface area contributed by atoms with E-state index < -0.39 is 21.7 Å². The molecule has 0 radical (unpaired) electrons. The number of ether oxygens (including phenoxy) is 1. The fourth-order valence-electron chi connectivity index (χ4n) is 3.71. The van der Waals surface area contributed by atoms with E-state index in [4.69, 9.17) is 4.74 Å². The van der Waals surface area contributed by atoms with Crippen LogP contribution in [0.5, 0.6) is 5.75 Å². The molecule has 168 valence electrons. The molecule has 9 heteroatoms. The molecule has 0 heterocycles. The number of rotatable bonds is 8. The van der Waals surface area contributed by atoms with Gasteiger partial charge in [0.1, 0.15) is 11.6 Å². The van der Waals surface area contributed by atoms with E-state index in [0.717, 1.165) is 19.3 Å². The largest absolute Gasteiger partial charge is 0.494 e. The van der Waals surface area contributed by atoms with E-state index in [0.29, 0.717) is 29.7 Å². The number of carbonyl (C=O) groups is 1. The van der Waals surface area contributed by atoms with Crippen LogP contribution in [0.2, 0.25) is 0 Å². The molecule has 2 aromatic carbocycles. The van der Waals surface area contributed by atoms with Crippen LogP contribution in [0.4, 0.5) is 10.1 Å². The lowest BCUT2D eigenvalue weighted by Gasteiger charge is -2.33. The molecule has 0 bridgehead atoms. The smallest absolute Gasteiger partial charge is 0.243 e. The maximum atomic E-state index is 14.1. The second kappa shape index (κ2) is 10.6. The number of anilines is 1. The second-order valence-corrected chi connectivity index (χ2v) is 10.2. The van der Waals surface area contributed by atoms with Crippen molar-refractivity contribution < 1.29 is 22.3 Å². The van der Waals surface area contributed by atoms with Crippen LogP contribution < -0.4 is 10.1 Å². The summed E-state index contributed by atoms with van der Waals surface area (Å²) in [7, 11) is -3.92. The normalized spacial score (nSPS) is 15.1. The maximum absolute atomic E-state index is 14.1. The summed E-state index contributed by atoms with van der Waals surface area (Å²) in [4.78, 5) is 12.8. The van der Waals surface area contributed by atoms with E-state index in [-0.39, 0.29) is 23.2 Å². The highest BCUT2D eigenvalue weighted by Gasteiger charge is 2.34. The van der Waals surface area contributed by atoms with Crippen molar-refractivity contribution in [2.45, 2.75) is 50.0 Å². The Labute approximate surface area is 191 Å². The van der Waals surface area contributed by atoms with Gasteiger partial charge in [-0.05, 0) is 62.2 Å². The third kappa shape index (κ3) is 6.05. The Morgan fingerprint density at radius 2 is 1.84 bits per heavy atom. The molecule has 1 aliphatic carbocycles. The predicted molar refractivity (Wildman–Crippen MR) is 121 cm³/mol. The summed E-state index contributed by atoms with van der Waals surface area (Å²) in [6.45, 7) is 1.95. The minimum Gasteiger partial charge on any atom is -0.494 e. The molecule has 0 aromatic heterocycles. The number of hydrogen-bond acceptors (Lipinski definition) is 4. The molecule has 3 rings (SSSR count). The van der Waals surface area contributed by atoms with Crippen LogP contribution in [-0.4, -0.2) is 37.8 Å². The molecule has 6 nitrogen and oxygen atoms in total. The first-order valence-corrected chi connectivity index (χ1v) is 12.5. The minimum atomic E-state index is -3.92. The molecule has 0 atom stereocenters. The lowest BCUT2D eigenvalue weighted by atomic mass is 9.95. The van der Waals surface area contributed by atoms with Gasteiger partial charge in [-0.25, -0.2) is 12.8 Å². The number of nitrogens with one attached hydrogen (secondary N) is 1. The topological polar surface area (TPSA) is 75.7 Å². The Morgan fingerprint density at radius 3 is 2.45 bits per heavy atom. The van der Waals surface area contributed by atoms with Crippen molar-refractivity contribution in [2.75, 3.05) is 18.5 Å². The van der Waals surface area contributed by atoms with Gasteiger partial charge in [-0.15, -0.1) is 0 Å². The van der Waals surface area contributed by atoms with Gasteiger partial charge in [0, 0.05) is 10.5 Å². The van der Waals surface area contributed by atoms with Gasteiger partial charge in [-0.1, -0.05) is 35.2 Å². The summed E-state index contributed by atoms with van der Waals surface area (Å²) in [5, 5.41) is 2.50. The highest BCUT2D eigenvalue weighted by atomic mass is 79.9. The number of sulfonamides is 1. The Hall–Kier alpha value is -1.97. The van der Waals surface area contributed by atoms with Crippen LogP contribution in [0.3, 0.4) is 0 Å². The summed E-state index contributed by atoms with van der Waals surface area (Å²) in [5.74, 6) is -0.600. The van der Waals surface area contributed by atoms with E-state index in [1.54, 1.807) is 18.2 Å². The highest BCUT2D eigenvalue weighted by Crippen LogP contribution is 2.29. The van der Waals surface area contributed by atoms with Crippen LogP contribution in [0.15, 0.2) is 51.8 Å². The van der Waals surface area contributed by atoms with Crippen LogP contribution in [0.25, 0.3) is 0 Å². The molecular weight excluding hydrogens is 487 g/mol. The first kappa shape index (κ1) is 23.7. The summed E-state index contributed by atoms with van der Waals surface area (Å²) in [6, 6.07) is 10.2. The number of nitrogens with zero attached hydrogens (tertiary/aromatic N) is 1. The summed E-state index contributed by atoms with van der Waals surface area (Å²) < 4.78 is 48.2. The zero-order chi connectivity index (χ0) is 22.4. The first-order chi connectivity index (χ1) is 14.8. The van der Waals surface area contributed by atoms with E-state index in [9.17, 15) is 17.6 Å². The van der Waals surface area contributed by atoms with Crippen molar-refractivity contribution in [3.63, 3.8) is 0 Å². The third-order valence-corrected chi connectivity index (χ3v) is 7.63. The summed E-state index contributed by atoms with van der Waals surface area (Å²) in [5.41, 5.74) is 0.00950. The van der Waals surface area contributed by atoms with Gasteiger partial charge < -0.3 is 10.1 Å². The van der Waals surface area contributed by atoms with Gasteiger partial charge in [0.2, 0.25) is 15.9 Å². The van der Waals surface area contributed by atoms with E-state index in [2.05, 4.69) is 21.2 Å². The van der Waals surface area contributed by atoms with Crippen LogP contribution in [0.1, 0.15) is 39.0 Å². The molecule has 1 N–H and O–H groups in total. The average Bonchev–Trinajstić information content (AvgIpc) is 2.75. The number of halogens is 2. The molecule has 1 fully saturated rings. The van der Waals surface area contributed by atoms with E-state index in [1.165, 1.54) is 28.6 Å². The molecule has 31 heavy (non-hydrogen) atoms. The van der Waals surface area contributed by atoms with Crippen molar-refractivity contribution >= 4 is 37.5 Å². The molecular formula is C22H26BrFN2O4S. The van der Waals surface area contributed by atoms with Gasteiger partial charge in [0.05, 0.1) is 23.7 Å². The molecule has 0 spiro atoms. The number of benzene rings is 2. The summed E-state index contributed by atoms with van der Waals surface area (Å²) >= 11 is 3.17. The number of hydrogen-bond donors (Lipinski definition) is 1. The van der Waals surface area contributed by atoms with Crippen molar-refractivity contribution in [3.8, 4) is 5.75 Å². The van der Waals surface area contributed by atoms with Crippen molar-refractivity contribution in [1.29, 1.82) is 0 Å². The molecule has 1 aliphatic rings. The molecule has 1 amide bonds. The van der Waals surface area contributed by atoms with Crippen LogP contribution >= 0.6 is 15.9 Å². The highest BCUT2D eigenvalue weighted by molar-refractivity contribution is 9.10. The maximum Gasteiger partial charge on any atom is 0.243 e. The van der Waals surface area contributed by atoms with Crippen molar-refractivity contribution in [1.82, 2.24) is 4.31 Å². The Balaban J connectivity index is 1.84. The van der Waals surface area contributed by atoms with Gasteiger partial charge in [-0.3, -0.25) is 4.79 Å². The van der Waals surface area contributed by atoms with Gasteiger partial charge >= 0.3 is 0 Å². The van der Waals surface area contributed by atoms with Crippen LogP contribution in [-0.2, 0) is 14.8 Å². The Bertz CT molecular complexity index is 1010. The molecule has 0 unspecified atom stereocenters. The molecule has 0 aliphatic heterocycles. The SMILES string of the molecule is CCOc1ccc(S(=O)(=O)N(CC(=O)Nc2ccc(Br)cc2F)C2CCCCC2)cc1. The zero-order valence-corrected chi connectivity index (χ0v) is 19.7. The predicted octanol–water partition coefficient (Wildman–Crippen LogP) is 4.95. The van der Waals surface area contributed by atoms with Gasteiger partial charge in [0.25, 0.3) is 0 Å². The molecule has 2 aromatic rings. The minimum absolute atomic E-state index is 0.00950. The Morgan fingerprint density at radius 1 is 1.16 bits per heavy atom. The first-order valence-electron chi connectivity index (χ1n) is 10.3. The molecule has 1 saturated carbocycles. The van der Waals surface area contributed by atoms with Crippen molar-refractivity contribution in [2.24, 2.45) is 0 Å². The average molecular weight is 513 g/mol. The zero-order valence-electron chi connectivity index (χ0n) is 17.3. The van der Waals surface area contributed by atoms with Gasteiger partial charge in [-0.2, -0.15) is 4.31 Å². The second-order valence-electron chi connectivity index (χ2n) is 7.42. The lowest BCUT2D eigenvalue weighted by molar-refractivity contribution is -0.116. The quantitative estimate of drug-likeness (QED) is 0.542. The summed E-state index contributed by atoms with van der Waals surface area (Å²) in [6.07, 6.45) is 4.24. The Kier molecular flexibility index (Phi) is 8.07. The van der Waals surface area contributed by atoms with E-state index in [1.807, 2.05) is 6.92 Å². The monoisotopic (exact) mass is 512 g/mol. The lowest BCUT2D eigenvalue weighted by Crippen LogP contribution is -2.45. The number of amides is 1. The fraction of sp³-hybridized carbons (Fsp3) is 0.409. The van der Waals surface area contributed by atoms with E-state index >= 15 is 0 Å². The van der Waals surface area contributed by atoms with Crippen LogP contribution in [0, 0.1) is 5.82 Å². The number of carbonyl (C=O) groups excluding carboxylic acids is 1. The van der Waals surface area contributed by atoms with Gasteiger partial charge in [0.15, 0.2) is 0 Å². The standard InChI is InChI=1S/C22H26BrFN2O4S/c1-2-30-18-9-11-19(12-10-18)31(28,29)26(17-6-4-3-5-7-17)15-22(27)25-21-13-8-16(23)14-20(21)24/h8-14,17H,2-7,15H2,1H3,(H,25,27).